The number of carboxylic acids is 1. The Morgan fingerprint density at radius 3 is 2.67 bits per heavy atom. The Hall–Kier alpha value is -2.24. The third-order valence-corrected chi connectivity index (χ3v) is 3.40. The van der Waals surface area contributed by atoms with Gasteiger partial charge < -0.3 is 20.1 Å². The summed E-state index contributed by atoms with van der Waals surface area (Å²) in [5.41, 5.74) is 0.603. The molecular formula is C15H20N2O4. The average Bonchev–Trinajstić information content (AvgIpc) is 3.28. The second-order valence-corrected chi connectivity index (χ2v) is 5.07. The molecule has 1 aliphatic rings. The maximum absolute atomic E-state index is 12.3. The number of methoxy groups -OCH3 is 1. The average molecular weight is 292 g/mol. The number of nitrogens with one attached hydrogen (secondary N) is 1. The van der Waals surface area contributed by atoms with E-state index in [4.69, 9.17) is 9.84 Å². The van der Waals surface area contributed by atoms with Gasteiger partial charge in [-0.05, 0) is 31.4 Å². The van der Waals surface area contributed by atoms with Gasteiger partial charge in [0, 0.05) is 24.3 Å². The van der Waals surface area contributed by atoms with Crippen LogP contribution in [0, 0.1) is 0 Å². The van der Waals surface area contributed by atoms with E-state index in [0.29, 0.717) is 11.7 Å². The third-order valence-electron chi connectivity index (χ3n) is 3.40. The Kier molecular flexibility index (Phi) is 4.67. The molecule has 21 heavy (non-hydrogen) atoms. The van der Waals surface area contributed by atoms with Crippen molar-refractivity contribution >= 4 is 17.7 Å². The van der Waals surface area contributed by atoms with Gasteiger partial charge in [0.2, 0.25) is 0 Å². The number of rotatable bonds is 6. The van der Waals surface area contributed by atoms with E-state index in [0.717, 1.165) is 25.8 Å². The number of hydrogen-bond acceptors (Lipinski definition) is 3. The summed E-state index contributed by atoms with van der Waals surface area (Å²) in [5, 5.41) is 11.8. The summed E-state index contributed by atoms with van der Waals surface area (Å²) in [6.07, 6.45) is 3.01. The Morgan fingerprint density at radius 1 is 1.43 bits per heavy atom. The number of carbonyl (C=O) groups excluding carboxylic acids is 1. The summed E-state index contributed by atoms with van der Waals surface area (Å²) in [7, 11) is 1.40. The van der Waals surface area contributed by atoms with E-state index in [2.05, 4.69) is 5.32 Å². The topological polar surface area (TPSA) is 78.9 Å². The molecule has 2 N–H and O–H groups in total. The molecule has 6 nitrogen and oxygen atoms in total. The summed E-state index contributed by atoms with van der Waals surface area (Å²) in [6, 6.07) is 4.71. The molecule has 2 rings (SSSR count). The van der Waals surface area contributed by atoms with Gasteiger partial charge in [-0.25, -0.2) is 9.59 Å². The maximum atomic E-state index is 12.3. The first-order chi connectivity index (χ1) is 10.1. The van der Waals surface area contributed by atoms with Crippen LogP contribution in [-0.4, -0.2) is 41.7 Å². The minimum atomic E-state index is -1.06. The number of benzene rings is 1. The summed E-state index contributed by atoms with van der Waals surface area (Å²) in [4.78, 5) is 25.1. The van der Waals surface area contributed by atoms with Gasteiger partial charge in [-0.2, -0.15) is 0 Å². The van der Waals surface area contributed by atoms with Crippen molar-refractivity contribution in [2.75, 3.05) is 19.0 Å². The minimum absolute atomic E-state index is 0.0723. The van der Waals surface area contributed by atoms with Gasteiger partial charge in [-0.3, -0.25) is 0 Å². The first-order valence-corrected chi connectivity index (χ1v) is 7.05. The van der Waals surface area contributed by atoms with Crippen LogP contribution in [0.15, 0.2) is 18.2 Å². The minimum Gasteiger partial charge on any atom is -0.496 e. The lowest BCUT2D eigenvalue weighted by molar-refractivity contribution is 0.0693. The van der Waals surface area contributed by atoms with Crippen LogP contribution in [0.2, 0.25) is 0 Å². The van der Waals surface area contributed by atoms with E-state index in [1.54, 1.807) is 6.07 Å². The molecule has 0 unspecified atom stereocenters. The summed E-state index contributed by atoms with van der Waals surface area (Å²) in [5.74, 6) is -0.830. The zero-order chi connectivity index (χ0) is 15.4. The normalized spacial score (nSPS) is 13.6. The quantitative estimate of drug-likeness (QED) is 0.845. The molecule has 1 saturated carbocycles. The number of anilines is 1. The number of ether oxygens (including phenoxy) is 1. The second kappa shape index (κ2) is 6.47. The number of nitrogens with zero attached hydrogens (tertiary/aromatic N) is 1. The molecule has 0 heterocycles. The molecule has 0 aromatic heterocycles. The fraction of sp³-hybridized carbons (Fsp3) is 0.467. The van der Waals surface area contributed by atoms with Crippen LogP contribution in [0.1, 0.15) is 36.5 Å². The molecule has 2 amide bonds. The van der Waals surface area contributed by atoms with E-state index in [9.17, 15) is 9.59 Å². The third kappa shape index (κ3) is 3.65. The van der Waals surface area contributed by atoms with Crippen molar-refractivity contribution in [1.82, 2.24) is 4.90 Å². The molecule has 0 spiro atoms. The van der Waals surface area contributed by atoms with Gasteiger partial charge >= 0.3 is 12.0 Å². The van der Waals surface area contributed by atoms with Gasteiger partial charge in [0.15, 0.2) is 0 Å². The predicted molar refractivity (Wildman–Crippen MR) is 79.0 cm³/mol. The molecule has 1 aromatic carbocycles. The van der Waals surface area contributed by atoms with Crippen LogP contribution < -0.4 is 10.1 Å². The molecule has 1 aliphatic carbocycles. The highest BCUT2D eigenvalue weighted by molar-refractivity contribution is 5.94. The molecule has 114 valence electrons. The van der Waals surface area contributed by atoms with Gasteiger partial charge in [-0.15, -0.1) is 0 Å². The summed E-state index contributed by atoms with van der Waals surface area (Å²) in [6.45, 7) is 2.76. The zero-order valence-electron chi connectivity index (χ0n) is 12.3. The fourth-order valence-electron chi connectivity index (χ4n) is 2.22. The van der Waals surface area contributed by atoms with Crippen molar-refractivity contribution < 1.29 is 19.4 Å². The molecule has 1 aromatic rings. The van der Waals surface area contributed by atoms with Gasteiger partial charge in [0.25, 0.3) is 0 Å². The zero-order valence-corrected chi connectivity index (χ0v) is 12.3. The van der Waals surface area contributed by atoms with Crippen molar-refractivity contribution in [1.29, 1.82) is 0 Å². The number of amides is 2. The lowest BCUT2D eigenvalue weighted by Gasteiger charge is -2.22. The lowest BCUT2D eigenvalue weighted by atomic mass is 10.2. The molecule has 0 aliphatic heterocycles. The van der Waals surface area contributed by atoms with Crippen LogP contribution in [0.4, 0.5) is 10.5 Å². The highest BCUT2D eigenvalue weighted by Crippen LogP contribution is 2.28. The van der Waals surface area contributed by atoms with Crippen LogP contribution in [0.3, 0.4) is 0 Å². The van der Waals surface area contributed by atoms with Crippen LogP contribution in [0.5, 0.6) is 5.75 Å². The SMILES string of the molecule is CCCN(C(=O)Nc1ccc(C(=O)O)c(OC)c1)C1CC1. The Morgan fingerprint density at radius 2 is 2.14 bits per heavy atom. The first-order valence-electron chi connectivity index (χ1n) is 7.05. The lowest BCUT2D eigenvalue weighted by Crippen LogP contribution is -2.37. The van der Waals surface area contributed by atoms with Crippen LogP contribution in [-0.2, 0) is 0 Å². The van der Waals surface area contributed by atoms with E-state index in [-0.39, 0.29) is 17.3 Å². The first kappa shape index (κ1) is 15.2. The van der Waals surface area contributed by atoms with Crippen LogP contribution in [0.25, 0.3) is 0 Å². The van der Waals surface area contributed by atoms with Gasteiger partial charge in [0.05, 0.1) is 7.11 Å². The molecule has 0 bridgehead atoms. The highest BCUT2D eigenvalue weighted by Gasteiger charge is 2.32. The van der Waals surface area contributed by atoms with E-state index in [1.807, 2.05) is 11.8 Å². The smallest absolute Gasteiger partial charge is 0.339 e. The number of carbonyl (C=O) groups is 2. The van der Waals surface area contributed by atoms with Gasteiger partial charge in [0.1, 0.15) is 11.3 Å². The van der Waals surface area contributed by atoms with E-state index < -0.39 is 5.97 Å². The van der Waals surface area contributed by atoms with E-state index in [1.165, 1.54) is 19.2 Å². The Bertz CT molecular complexity index is 540. The number of urea groups is 1. The van der Waals surface area contributed by atoms with Crippen molar-refractivity contribution in [3.8, 4) is 5.75 Å². The summed E-state index contributed by atoms with van der Waals surface area (Å²) < 4.78 is 5.05. The molecule has 1 fully saturated rings. The van der Waals surface area contributed by atoms with Gasteiger partial charge in [-0.1, -0.05) is 6.92 Å². The standard InChI is InChI=1S/C15H20N2O4/c1-3-8-17(11-5-6-11)15(20)16-10-4-7-12(14(18)19)13(9-10)21-2/h4,7,9,11H,3,5-6,8H2,1-2H3,(H,16,20)(H,18,19). The Balaban J connectivity index is 2.11. The van der Waals surface area contributed by atoms with Crippen molar-refractivity contribution in [2.24, 2.45) is 0 Å². The van der Waals surface area contributed by atoms with Crippen molar-refractivity contribution in [3.63, 3.8) is 0 Å². The predicted octanol–water partition coefficient (Wildman–Crippen LogP) is 2.80. The molecular weight excluding hydrogens is 272 g/mol. The number of hydrogen-bond donors (Lipinski definition) is 2. The fourth-order valence-corrected chi connectivity index (χ4v) is 2.22. The molecule has 0 atom stereocenters. The molecule has 6 heteroatoms. The van der Waals surface area contributed by atoms with Crippen molar-refractivity contribution in [3.05, 3.63) is 23.8 Å². The highest BCUT2D eigenvalue weighted by atomic mass is 16.5. The number of aromatic carboxylic acids is 1. The summed E-state index contributed by atoms with van der Waals surface area (Å²) >= 11 is 0. The monoisotopic (exact) mass is 292 g/mol. The molecule has 0 radical (unpaired) electrons. The number of carboxylic acid groups (broad SMARTS) is 1. The van der Waals surface area contributed by atoms with E-state index >= 15 is 0 Å². The van der Waals surface area contributed by atoms with Crippen molar-refractivity contribution in [2.45, 2.75) is 32.2 Å². The Labute approximate surface area is 123 Å². The maximum Gasteiger partial charge on any atom is 0.339 e. The largest absolute Gasteiger partial charge is 0.496 e. The second-order valence-electron chi connectivity index (χ2n) is 5.07. The molecule has 0 saturated heterocycles. The van der Waals surface area contributed by atoms with Crippen LogP contribution >= 0.6 is 0 Å².